The molecule has 0 aliphatic heterocycles. The minimum atomic E-state index is -0.0184. The monoisotopic (exact) mass is 310 g/mol. The molecule has 1 aromatic carbocycles. The van der Waals surface area contributed by atoms with Crippen LogP contribution in [0.15, 0.2) is 18.2 Å². The Labute approximate surface area is 135 Å². The fourth-order valence-corrected chi connectivity index (χ4v) is 2.43. The number of aliphatic hydroxyl groups excluding tert-OH is 1. The summed E-state index contributed by atoms with van der Waals surface area (Å²) < 4.78 is 7.70. The van der Waals surface area contributed by atoms with Gasteiger partial charge < -0.3 is 9.84 Å². The van der Waals surface area contributed by atoms with Gasteiger partial charge in [-0.15, -0.1) is 0 Å². The number of rotatable bonds is 6. The number of para-hydroxylation sites is 1. The lowest BCUT2D eigenvalue weighted by Gasteiger charge is -2.11. The van der Waals surface area contributed by atoms with Gasteiger partial charge in [0.25, 0.3) is 0 Å². The predicted molar refractivity (Wildman–Crippen MR) is 84.0 cm³/mol. The van der Waals surface area contributed by atoms with Gasteiger partial charge in [-0.05, 0) is 25.0 Å². The van der Waals surface area contributed by atoms with Crippen LogP contribution >= 0.6 is 0 Å². The Morgan fingerprint density at radius 1 is 1.13 bits per heavy atom. The number of nitrogens with zero attached hydrogens (tertiary/aromatic N) is 4. The molecule has 0 amide bonds. The SMILES string of the molecule is CCc1nn(CCO)c(CC)c1Oc1c(C#N)cccc1C#N. The lowest BCUT2D eigenvalue weighted by Crippen LogP contribution is -2.08. The first kappa shape index (κ1) is 16.5. The number of hydrogen-bond donors (Lipinski definition) is 1. The van der Waals surface area contributed by atoms with Crippen LogP contribution in [-0.4, -0.2) is 21.5 Å². The smallest absolute Gasteiger partial charge is 0.171 e. The molecular weight excluding hydrogens is 292 g/mol. The molecule has 0 aliphatic rings. The van der Waals surface area contributed by atoms with Gasteiger partial charge in [0.1, 0.15) is 17.8 Å². The summed E-state index contributed by atoms with van der Waals surface area (Å²) in [5.74, 6) is 0.827. The third-order valence-electron chi connectivity index (χ3n) is 3.52. The zero-order valence-electron chi connectivity index (χ0n) is 13.2. The molecule has 0 atom stereocenters. The van der Waals surface area contributed by atoms with Crippen molar-refractivity contribution in [1.29, 1.82) is 10.5 Å². The van der Waals surface area contributed by atoms with Gasteiger partial charge in [0.15, 0.2) is 11.5 Å². The van der Waals surface area contributed by atoms with Crippen LogP contribution in [0, 0.1) is 22.7 Å². The van der Waals surface area contributed by atoms with E-state index in [2.05, 4.69) is 17.2 Å². The Kier molecular flexibility index (Phi) is 5.35. The summed E-state index contributed by atoms with van der Waals surface area (Å²) in [6, 6.07) is 8.99. The van der Waals surface area contributed by atoms with E-state index in [1.54, 1.807) is 22.9 Å². The van der Waals surface area contributed by atoms with E-state index in [-0.39, 0.29) is 12.4 Å². The lowest BCUT2D eigenvalue weighted by atomic mass is 10.1. The fraction of sp³-hybridized carbons (Fsp3) is 0.353. The van der Waals surface area contributed by atoms with Crippen molar-refractivity contribution in [1.82, 2.24) is 9.78 Å². The lowest BCUT2D eigenvalue weighted by molar-refractivity contribution is 0.267. The zero-order valence-corrected chi connectivity index (χ0v) is 13.2. The second-order valence-corrected chi connectivity index (χ2v) is 4.88. The first-order chi connectivity index (χ1) is 11.2. The van der Waals surface area contributed by atoms with E-state index in [1.165, 1.54) is 0 Å². The van der Waals surface area contributed by atoms with Crippen molar-refractivity contribution in [2.75, 3.05) is 6.61 Å². The topological polar surface area (TPSA) is 94.9 Å². The second kappa shape index (κ2) is 7.44. The van der Waals surface area contributed by atoms with Crippen LogP contribution in [-0.2, 0) is 19.4 Å². The average molecular weight is 310 g/mol. The molecular formula is C17H18N4O2. The van der Waals surface area contributed by atoms with Gasteiger partial charge in [-0.2, -0.15) is 15.6 Å². The third-order valence-corrected chi connectivity index (χ3v) is 3.52. The van der Waals surface area contributed by atoms with E-state index in [9.17, 15) is 15.6 Å². The third kappa shape index (κ3) is 3.18. The number of nitriles is 2. The molecule has 0 spiro atoms. The Hall–Kier alpha value is -2.83. The van der Waals surface area contributed by atoms with Crippen LogP contribution in [0.1, 0.15) is 36.4 Å². The van der Waals surface area contributed by atoms with E-state index in [0.717, 1.165) is 11.4 Å². The highest BCUT2D eigenvalue weighted by Gasteiger charge is 2.20. The molecule has 1 heterocycles. The molecule has 0 saturated carbocycles. The Bertz CT molecular complexity index is 749. The normalized spacial score (nSPS) is 10.1. The Morgan fingerprint density at radius 3 is 2.26 bits per heavy atom. The number of aromatic nitrogens is 2. The molecule has 6 nitrogen and oxygen atoms in total. The van der Waals surface area contributed by atoms with Crippen LogP contribution in [0.2, 0.25) is 0 Å². The molecule has 0 radical (unpaired) electrons. The van der Waals surface area contributed by atoms with Crippen LogP contribution in [0.4, 0.5) is 0 Å². The van der Waals surface area contributed by atoms with E-state index in [0.29, 0.717) is 36.3 Å². The molecule has 23 heavy (non-hydrogen) atoms. The van der Waals surface area contributed by atoms with Crippen molar-refractivity contribution in [2.24, 2.45) is 0 Å². The van der Waals surface area contributed by atoms with Gasteiger partial charge in [0.05, 0.1) is 30.0 Å². The molecule has 0 unspecified atom stereocenters. The summed E-state index contributed by atoms with van der Waals surface area (Å²) in [7, 11) is 0. The average Bonchev–Trinajstić information content (AvgIpc) is 2.91. The van der Waals surface area contributed by atoms with Gasteiger partial charge >= 0.3 is 0 Å². The quantitative estimate of drug-likeness (QED) is 0.884. The maximum absolute atomic E-state index is 9.27. The number of hydrogen-bond acceptors (Lipinski definition) is 5. The summed E-state index contributed by atoms with van der Waals surface area (Å²) in [6.07, 6.45) is 1.32. The van der Waals surface area contributed by atoms with Gasteiger partial charge in [0.2, 0.25) is 0 Å². The number of aryl methyl sites for hydroxylation is 1. The van der Waals surface area contributed by atoms with Gasteiger partial charge in [0, 0.05) is 0 Å². The Morgan fingerprint density at radius 2 is 1.78 bits per heavy atom. The van der Waals surface area contributed by atoms with Crippen molar-refractivity contribution in [3.05, 3.63) is 40.7 Å². The van der Waals surface area contributed by atoms with Gasteiger partial charge in [-0.1, -0.05) is 19.9 Å². The molecule has 0 fully saturated rings. The first-order valence-electron chi connectivity index (χ1n) is 7.50. The summed E-state index contributed by atoms with van der Waals surface area (Å²) >= 11 is 0. The molecule has 0 bridgehead atoms. The summed E-state index contributed by atoms with van der Waals surface area (Å²) in [5, 5.41) is 32.2. The zero-order chi connectivity index (χ0) is 16.8. The molecule has 6 heteroatoms. The van der Waals surface area contributed by atoms with Crippen molar-refractivity contribution >= 4 is 0 Å². The standard InChI is InChI=1S/C17H18N4O2/c1-3-14-17(15(4-2)21(20-14)8-9-22)23-16-12(10-18)6-5-7-13(16)11-19/h5-7,22H,3-4,8-9H2,1-2H3. The minimum Gasteiger partial charge on any atom is -0.451 e. The maximum atomic E-state index is 9.27. The number of aliphatic hydroxyl groups is 1. The highest BCUT2D eigenvalue weighted by Crippen LogP contribution is 2.34. The molecule has 0 saturated heterocycles. The molecule has 0 aliphatic carbocycles. The van der Waals surface area contributed by atoms with Crippen LogP contribution in [0.5, 0.6) is 11.5 Å². The highest BCUT2D eigenvalue weighted by atomic mass is 16.5. The largest absolute Gasteiger partial charge is 0.451 e. The second-order valence-electron chi connectivity index (χ2n) is 4.88. The first-order valence-corrected chi connectivity index (χ1v) is 7.50. The van der Waals surface area contributed by atoms with Crippen molar-refractivity contribution in [3.63, 3.8) is 0 Å². The molecule has 1 N–H and O–H groups in total. The van der Waals surface area contributed by atoms with Crippen molar-refractivity contribution in [2.45, 2.75) is 33.2 Å². The van der Waals surface area contributed by atoms with Gasteiger partial charge in [-0.25, -0.2) is 0 Å². The summed E-state index contributed by atoms with van der Waals surface area (Å²) in [4.78, 5) is 0. The van der Waals surface area contributed by atoms with Crippen molar-refractivity contribution < 1.29 is 9.84 Å². The molecule has 118 valence electrons. The fourth-order valence-electron chi connectivity index (χ4n) is 2.43. The molecule has 2 rings (SSSR count). The Balaban J connectivity index is 2.57. The summed E-state index contributed by atoms with van der Waals surface area (Å²) in [5.41, 5.74) is 2.20. The van der Waals surface area contributed by atoms with Crippen LogP contribution < -0.4 is 4.74 Å². The van der Waals surface area contributed by atoms with E-state index < -0.39 is 0 Å². The molecule has 2 aromatic rings. The van der Waals surface area contributed by atoms with E-state index >= 15 is 0 Å². The summed E-state index contributed by atoms with van der Waals surface area (Å²) in [6.45, 7) is 4.29. The highest BCUT2D eigenvalue weighted by molar-refractivity contribution is 5.56. The maximum Gasteiger partial charge on any atom is 0.171 e. The minimum absolute atomic E-state index is 0.0184. The van der Waals surface area contributed by atoms with Crippen molar-refractivity contribution in [3.8, 4) is 23.6 Å². The van der Waals surface area contributed by atoms with Crippen LogP contribution in [0.25, 0.3) is 0 Å². The van der Waals surface area contributed by atoms with Crippen LogP contribution in [0.3, 0.4) is 0 Å². The van der Waals surface area contributed by atoms with E-state index in [4.69, 9.17) is 4.74 Å². The van der Waals surface area contributed by atoms with Gasteiger partial charge in [-0.3, -0.25) is 4.68 Å². The predicted octanol–water partition coefficient (Wildman–Crippen LogP) is 2.54. The van der Waals surface area contributed by atoms with E-state index in [1.807, 2.05) is 13.8 Å². The number of benzene rings is 1. The number of ether oxygens (including phenoxy) is 1. The molecule has 1 aromatic heterocycles.